The van der Waals surface area contributed by atoms with Crippen LogP contribution >= 0.6 is 0 Å². The fourth-order valence-corrected chi connectivity index (χ4v) is 4.19. The molecule has 6 nitrogen and oxygen atoms in total. The van der Waals surface area contributed by atoms with Crippen LogP contribution in [0.15, 0.2) is 84.9 Å². The van der Waals surface area contributed by atoms with Crippen molar-refractivity contribution in [3.8, 4) is 45.3 Å². The smallest absolute Gasteiger partial charge is 0.306 e. The van der Waals surface area contributed by atoms with Gasteiger partial charge in [0.2, 0.25) is 0 Å². The minimum atomic E-state index is -3.82. The van der Waals surface area contributed by atoms with Crippen LogP contribution in [0.1, 0.15) is 5.56 Å². The van der Waals surface area contributed by atoms with Crippen molar-refractivity contribution >= 4 is 10.1 Å². The van der Waals surface area contributed by atoms with E-state index in [4.69, 9.17) is 18.4 Å². The molecule has 0 saturated carbocycles. The van der Waals surface area contributed by atoms with Gasteiger partial charge in [0.25, 0.3) is 0 Å². The fourth-order valence-electron chi connectivity index (χ4n) is 3.74. The summed E-state index contributed by atoms with van der Waals surface area (Å²) in [5.74, 6) is 1.04. The van der Waals surface area contributed by atoms with Gasteiger partial charge < -0.3 is 18.4 Å². The van der Waals surface area contributed by atoms with Crippen LogP contribution in [0.2, 0.25) is 0 Å². The number of hydrogen-bond donors (Lipinski definition) is 0. The Morgan fingerprint density at radius 2 is 1.28 bits per heavy atom. The van der Waals surface area contributed by atoms with Crippen LogP contribution in [-0.4, -0.2) is 28.9 Å². The monoisotopic (exact) mass is 508 g/mol. The van der Waals surface area contributed by atoms with Crippen molar-refractivity contribution in [3.63, 3.8) is 0 Å². The number of benzene rings is 4. The first-order valence-corrected chi connectivity index (χ1v) is 12.8. The van der Waals surface area contributed by atoms with E-state index < -0.39 is 10.1 Å². The highest BCUT2D eigenvalue weighted by molar-refractivity contribution is 7.86. The maximum atomic E-state index is 13.4. The van der Waals surface area contributed by atoms with Gasteiger partial charge in [0.1, 0.15) is 23.9 Å². The van der Waals surface area contributed by atoms with E-state index in [-0.39, 0.29) is 23.9 Å². The molecule has 0 atom stereocenters. The molecule has 0 aliphatic heterocycles. The first-order valence-electron chi connectivity index (χ1n) is 11.0. The van der Waals surface area contributed by atoms with Crippen molar-refractivity contribution in [2.45, 2.75) is 6.61 Å². The summed E-state index contributed by atoms with van der Waals surface area (Å²) in [6.45, 7) is 0.240. The van der Waals surface area contributed by atoms with Gasteiger partial charge in [0.15, 0.2) is 11.5 Å². The zero-order chi connectivity index (χ0) is 25.7. The van der Waals surface area contributed by atoms with Gasteiger partial charge in [-0.15, -0.1) is 0 Å². The van der Waals surface area contributed by atoms with Gasteiger partial charge in [-0.2, -0.15) is 8.42 Å². The molecule has 36 heavy (non-hydrogen) atoms. The second kappa shape index (κ2) is 10.7. The molecule has 0 N–H and O–H groups in total. The predicted molar refractivity (Wildman–Crippen MR) is 137 cm³/mol. The van der Waals surface area contributed by atoms with Crippen molar-refractivity contribution in [3.05, 3.63) is 96.3 Å². The summed E-state index contributed by atoms with van der Waals surface area (Å²) in [5.41, 5.74) is 3.67. The summed E-state index contributed by atoms with van der Waals surface area (Å²) >= 11 is 0. The number of hydrogen-bond acceptors (Lipinski definition) is 6. The van der Waals surface area contributed by atoms with E-state index in [9.17, 15) is 12.8 Å². The Kier molecular flexibility index (Phi) is 7.45. The highest BCUT2D eigenvalue weighted by Crippen LogP contribution is 2.43. The van der Waals surface area contributed by atoms with Crippen molar-refractivity contribution in [2.75, 3.05) is 20.5 Å². The lowest BCUT2D eigenvalue weighted by Crippen LogP contribution is -2.08. The Labute approximate surface area is 210 Å². The van der Waals surface area contributed by atoms with Crippen LogP contribution in [0, 0.1) is 5.82 Å². The third-order valence-electron chi connectivity index (χ3n) is 5.41. The van der Waals surface area contributed by atoms with Gasteiger partial charge in [-0.3, -0.25) is 0 Å². The van der Waals surface area contributed by atoms with Gasteiger partial charge >= 0.3 is 10.1 Å². The van der Waals surface area contributed by atoms with Crippen LogP contribution in [0.3, 0.4) is 0 Å². The zero-order valence-corrected chi connectivity index (χ0v) is 20.8. The largest absolute Gasteiger partial charge is 0.496 e. The van der Waals surface area contributed by atoms with Crippen LogP contribution in [-0.2, 0) is 16.7 Å². The molecule has 4 aromatic carbocycles. The van der Waals surface area contributed by atoms with E-state index in [1.165, 1.54) is 26.4 Å². The van der Waals surface area contributed by atoms with Gasteiger partial charge in [0, 0.05) is 11.1 Å². The molecular weight excluding hydrogens is 483 g/mol. The lowest BCUT2D eigenvalue weighted by molar-refractivity contribution is 0.296. The molecule has 8 heteroatoms. The summed E-state index contributed by atoms with van der Waals surface area (Å²) < 4.78 is 59.8. The van der Waals surface area contributed by atoms with Crippen molar-refractivity contribution in [2.24, 2.45) is 0 Å². The van der Waals surface area contributed by atoms with Gasteiger partial charge in [-0.1, -0.05) is 48.5 Å². The predicted octanol–water partition coefficient (Wildman–Crippen LogP) is 6.09. The molecule has 0 unspecified atom stereocenters. The first-order chi connectivity index (χ1) is 17.3. The molecule has 0 spiro atoms. The molecule has 0 fully saturated rings. The molecule has 4 aromatic rings. The zero-order valence-electron chi connectivity index (χ0n) is 20.0. The average molecular weight is 509 g/mol. The molecule has 0 amide bonds. The van der Waals surface area contributed by atoms with E-state index in [0.29, 0.717) is 28.2 Å². The minimum Gasteiger partial charge on any atom is -0.496 e. The van der Waals surface area contributed by atoms with Gasteiger partial charge in [-0.05, 0) is 53.1 Å². The lowest BCUT2D eigenvalue weighted by Gasteiger charge is -2.17. The van der Waals surface area contributed by atoms with Gasteiger partial charge in [-0.25, -0.2) is 4.39 Å². The summed E-state index contributed by atoms with van der Waals surface area (Å²) in [6, 6.07) is 24.1. The van der Waals surface area contributed by atoms with E-state index in [1.54, 1.807) is 42.5 Å². The Morgan fingerprint density at radius 1 is 0.694 bits per heavy atom. The average Bonchev–Trinajstić information content (AvgIpc) is 2.87. The van der Waals surface area contributed by atoms with E-state index in [0.717, 1.165) is 17.4 Å². The second-order valence-electron chi connectivity index (χ2n) is 7.98. The number of rotatable bonds is 9. The van der Waals surface area contributed by atoms with Crippen molar-refractivity contribution < 1.29 is 31.2 Å². The molecule has 0 aliphatic carbocycles. The van der Waals surface area contributed by atoms with Gasteiger partial charge in [0.05, 0.1) is 20.5 Å². The van der Waals surface area contributed by atoms with Crippen LogP contribution in [0.5, 0.6) is 23.0 Å². The summed E-state index contributed by atoms with van der Waals surface area (Å²) in [6.07, 6.45) is 0.974. The molecular formula is C28H25FO6S. The van der Waals surface area contributed by atoms with Crippen LogP contribution < -0.4 is 18.4 Å². The Balaban J connectivity index is 1.76. The van der Waals surface area contributed by atoms with Crippen LogP contribution in [0.4, 0.5) is 4.39 Å². The molecule has 0 saturated heterocycles. The van der Waals surface area contributed by atoms with Crippen molar-refractivity contribution in [1.82, 2.24) is 0 Å². The fraction of sp³-hybridized carbons (Fsp3) is 0.143. The Hall–Kier alpha value is -4.04. The lowest BCUT2D eigenvalue weighted by atomic mass is 9.97. The number of methoxy groups -OCH3 is 2. The Bertz CT molecular complexity index is 1450. The van der Waals surface area contributed by atoms with E-state index in [2.05, 4.69) is 0 Å². The number of halogens is 1. The summed E-state index contributed by atoms with van der Waals surface area (Å²) in [5, 5.41) is 0. The quantitative estimate of drug-likeness (QED) is 0.255. The third kappa shape index (κ3) is 5.95. The molecule has 0 aliphatic rings. The van der Waals surface area contributed by atoms with Crippen molar-refractivity contribution in [1.29, 1.82) is 0 Å². The minimum absolute atomic E-state index is 0.0505. The van der Waals surface area contributed by atoms with E-state index in [1.807, 2.05) is 30.3 Å². The van der Waals surface area contributed by atoms with Crippen LogP contribution in [0.25, 0.3) is 22.3 Å². The molecule has 0 bridgehead atoms. The molecule has 4 rings (SSSR count). The number of ether oxygens (including phenoxy) is 3. The SMILES string of the molecule is COc1cc(-c2ccc(OCc3ccccc3)c(OS(C)(=O)=O)c2)c(OC)cc1-c1ccc(F)cc1. The summed E-state index contributed by atoms with van der Waals surface area (Å²) in [4.78, 5) is 0. The summed E-state index contributed by atoms with van der Waals surface area (Å²) in [7, 11) is -0.751. The highest BCUT2D eigenvalue weighted by atomic mass is 32.2. The molecule has 186 valence electrons. The first kappa shape index (κ1) is 25.1. The second-order valence-corrected chi connectivity index (χ2v) is 9.56. The molecule has 0 heterocycles. The maximum Gasteiger partial charge on any atom is 0.306 e. The Morgan fingerprint density at radius 3 is 1.86 bits per heavy atom. The standard InChI is InChI=1S/C28H25FO6S/c1-32-26-17-24(27(33-2)16-23(26)20-9-12-22(29)13-10-20)21-11-14-25(28(15-21)35-36(3,30)31)34-18-19-7-5-4-6-8-19/h4-17H,18H2,1-3H3. The topological polar surface area (TPSA) is 71.1 Å². The van der Waals surface area contributed by atoms with E-state index >= 15 is 0 Å². The molecule has 0 radical (unpaired) electrons. The normalized spacial score (nSPS) is 11.1. The highest BCUT2D eigenvalue weighted by Gasteiger charge is 2.18. The maximum absolute atomic E-state index is 13.4. The molecule has 0 aromatic heterocycles. The third-order valence-corrected chi connectivity index (χ3v) is 5.89.